The third kappa shape index (κ3) is 5.05. The van der Waals surface area contributed by atoms with Crippen LogP contribution in [0.2, 0.25) is 0 Å². The van der Waals surface area contributed by atoms with Crippen molar-refractivity contribution in [1.82, 2.24) is 14.2 Å². The van der Waals surface area contributed by atoms with Crippen molar-refractivity contribution < 1.29 is 22.8 Å². The number of rotatable bonds is 8. The first kappa shape index (κ1) is 26.9. The molecule has 1 saturated heterocycles. The molecule has 41 heavy (non-hydrogen) atoms. The summed E-state index contributed by atoms with van der Waals surface area (Å²) in [7, 11) is -3.67. The highest BCUT2D eigenvalue weighted by molar-refractivity contribution is 7.89. The molecule has 1 fully saturated rings. The normalized spacial score (nSPS) is 16.4. The topological polar surface area (TPSA) is 134 Å². The van der Waals surface area contributed by atoms with Gasteiger partial charge < -0.3 is 10.7 Å². The van der Waals surface area contributed by atoms with Gasteiger partial charge in [-0.3, -0.25) is 19.3 Å². The predicted octanol–water partition coefficient (Wildman–Crippen LogP) is 3.67. The van der Waals surface area contributed by atoms with Crippen molar-refractivity contribution in [3.63, 3.8) is 0 Å². The number of primary amides is 1. The van der Waals surface area contributed by atoms with Crippen LogP contribution in [0.25, 0.3) is 22.0 Å². The van der Waals surface area contributed by atoms with E-state index in [4.69, 9.17) is 5.73 Å². The summed E-state index contributed by atoms with van der Waals surface area (Å²) in [5.41, 5.74) is 11.0. The average molecular weight is 571 g/mol. The van der Waals surface area contributed by atoms with Crippen LogP contribution in [0, 0.1) is 0 Å². The maximum absolute atomic E-state index is 13.2. The van der Waals surface area contributed by atoms with Crippen molar-refractivity contribution in [2.24, 2.45) is 5.73 Å². The number of piperidine rings is 1. The number of aromatic nitrogens is 1. The van der Waals surface area contributed by atoms with Crippen LogP contribution in [0.5, 0.6) is 0 Å². The van der Waals surface area contributed by atoms with Crippen molar-refractivity contribution in [2.45, 2.75) is 25.2 Å². The highest BCUT2D eigenvalue weighted by Gasteiger charge is 2.37. The molecule has 10 heteroatoms. The molecule has 0 unspecified atom stereocenters. The monoisotopic (exact) mass is 570 g/mol. The number of nitrogens with zero attached hydrogens (tertiary/aromatic N) is 2. The van der Waals surface area contributed by atoms with Crippen LogP contribution in [0.15, 0.2) is 72.9 Å². The summed E-state index contributed by atoms with van der Waals surface area (Å²) in [5, 5.41) is 1.01. The van der Waals surface area contributed by atoms with Gasteiger partial charge in [0.15, 0.2) is 0 Å². The van der Waals surface area contributed by atoms with Gasteiger partial charge in [0, 0.05) is 36.7 Å². The van der Waals surface area contributed by atoms with E-state index in [9.17, 15) is 22.8 Å². The van der Waals surface area contributed by atoms with E-state index in [0.717, 1.165) is 38.1 Å². The Morgan fingerprint density at radius 3 is 2.17 bits per heavy atom. The van der Waals surface area contributed by atoms with Gasteiger partial charge in [0.05, 0.1) is 23.3 Å². The van der Waals surface area contributed by atoms with Gasteiger partial charge in [0.2, 0.25) is 15.9 Å². The van der Waals surface area contributed by atoms with Crippen LogP contribution in [-0.4, -0.2) is 65.7 Å². The van der Waals surface area contributed by atoms with E-state index in [-0.39, 0.29) is 24.6 Å². The molecule has 0 radical (unpaired) electrons. The van der Waals surface area contributed by atoms with Crippen LogP contribution < -0.4 is 5.73 Å². The minimum atomic E-state index is -3.67. The molecular formula is C31H30N4O5S. The largest absolute Gasteiger partial charge is 0.369 e. The van der Waals surface area contributed by atoms with Gasteiger partial charge in [-0.15, -0.1) is 0 Å². The molecule has 2 aliphatic heterocycles. The molecular weight excluding hydrogens is 540 g/mol. The lowest BCUT2D eigenvalue weighted by Gasteiger charge is -2.31. The Labute approximate surface area is 238 Å². The minimum absolute atomic E-state index is 0.112. The van der Waals surface area contributed by atoms with E-state index in [1.54, 1.807) is 24.3 Å². The second kappa shape index (κ2) is 10.6. The Kier molecular flexibility index (Phi) is 6.96. The molecule has 3 heterocycles. The first-order valence-corrected chi connectivity index (χ1v) is 15.2. The number of hydrogen-bond donors (Lipinski definition) is 2. The van der Waals surface area contributed by atoms with Crippen molar-refractivity contribution in [2.75, 3.05) is 25.4 Å². The van der Waals surface area contributed by atoms with Gasteiger partial charge in [-0.25, -0.2) is 12.7 Å². The van der Waals surface area contributed by atoms with Crippen LogP contribution in [0.1, 0.15) is 50.6 Å². The van der Waals surface area contributed by atoms with Gasteiger partial charge in [-0.05, 0) is 65.3 Å². The summed E-state index contributed by atoms with van der Waals surface area (Å²) in [6.45, 7) is 0.505. The quantitative estimate of drug-likeness (QED) is 0.312. The zero-order chi connectivity index (χ0) is 28.7. The second-order valence-electron chi connectivity index (χ2n) is 10.6. The summed E-state index contributed by atoms with van der Waals surface area (Å²) in [5.74, 6) is -1.51. The third-order valence-electron chi connectivity index (χ3n) is 8.11. The molecule has 1 aromatic heterocycles. The Balaban J connectivity index is 1.17. The molecule has 0 saturated carbocycles. The van der Waals surface area contributed by atoms with Gasteiger partial charge in [-0.2, -0.15) is 0 Å². The molecule has 3 aromatic carbocycles. The number of benzene rings is 3. The van der Waals surface area contributed by atoms with Gasteiger partial charge in [-0.1, -0.05) is 42.5 Å². The lowest BCUT2D eigenvalue weighted by molar-refractivity contribution is -0.117. The minimum Gasteiger partial charge on any atom is -0.369 e. The fourth-order valence-corrected chi connectivity index (χ4v) is 7.45. The van der Waals surface area contributed by atoms with Crippen LogP contribution in [-0.2, 0) is 21.2 Å². The van der Waals surface area contributed by atoms with Crippen molar-refractivity contribution >= 4 is 38.6 Å². The average Bonchev–Trinajstić information content (AvgIpc) is 3.51. The number of sulfonamides is 1. The number of hydrogen-bond acceptors (Lipinski definition) is 5. The number of carbonyl (C=O) groups is 3. The molecule has 0 atom stereocenters. The molecule has 6 rings (SSSR count). The molecule has 2 aliphatic rings. The number of nitrogens with one attached hydrogen (secondary N) is 1. The van der Waals surface area contributed by atoms with E-state index in [1.807, 2.05) is 42.6 Å². The van der Waals surface area contributed by atoms with Crippen LogP contribution in [0.3, 0.4) is 0 Å². The fraction of sp³-hybridized carbons (Fsp3) is 0.258. The van der Waals surface area contributed by atoms with E-state index in [2.05, 4.69) is 11.1 Å². The molecule has 4 aromatic rings. The zero-order valence-electron chi connectivity index (χ0n) is 22.4. The molecule has 0 aliphatic carbocycles. The first-order chi connectivity index (χ1) is 19.7. The van der Waals surface area contributed by atoms with E-state index in [0.29, 0.717) is 37.1 Å². The number of fused-ring (bicyclic) bond motifs is 2. The first-order valence-electron chi connectivity index (χ1n) is 13.6. The standard InChI is InChI=1S/C31H30N4O5S/c32-28(36)18-23-16-22(20-6-2-1-3-7-20)17-26-27(19-33-29(23)26)21-10-12-34(13-11-21)41(39,40)15-14-35-30(37)24-8-4-5-9-25(24)31(35)38/h1-9,16-17,19,21,33H,10-15,18H2,(H2,32,36). The van der Waals surface area contributed by atoms with Crippen LogP contribution >= 0.6 is 0 Å². The number of amides is 3. The van der Waals surface area contributed by atoms with E-state index < -0.39 is 27.7 Å². The fourth-order valence-electron chi connectivity index (χ4n) is 6.01. The highest BCUT2D eigenvalue weighted by atomic mass is 32.2. The lowest BCUT2D eigenvalue weighted by atomic mass is 9.88. The summed E-state index contributed by atoms with van der Waals surface area (Å²) in [6.07, 6.45) is 3.32. The Morgan fingerprint density at radius 2 is 1.54 bits per heavy atom. The Morgan fingerprint density at radius 1 is 0.902 bits per heavy atom. The van der Waals surface area contributed by atoms with Crippen molar-refractivity contribution in [3.05, 3.63) is 95.2 Å². The summed E-state index contributed by atoms with van der Waals surface area (Å²) in [4.78, 5) is 41.5. The molecule has 210 valence electrons. The van der Waals surface area contributed by atoms with E-state index >= 15 is 0 Å². The summed E-state index contributed by atoms with van der Waals surface area (Å²) in [6, 6.07) is 20.6. The number of nitrogens with two attached hydrogens (primary N) is 1. The molecule has 0 spiro atoms. The second-order valence-corrected chi connectivity index (χ2v) is 12.7. The summed E-state index contributed by atoms with van der Waals surface area (Å²) < 4.78 is 27.9. The van der Waals surface area contributed by atoms with Gasteiger partial charge in [0.1, 0.15) is 0 Å². The lowest BCUT2D eigenvalue weighted by Crippen LogP contribution is -2.42. The van der Waals surface area contributed by atoms with Gasteiger partial charge in [0.25, 0.3) is 11.8 Å². The number of aromatic amines is 1. The Hall–Kier alpha value is -4.28. The van der Waals surface area contributed by atoms with E-state index in [1.165, 1.54) is 4.31 Å². The zero-order valence-corrected chi connectivity index (χ0v) is 23.2. The number of imide groups is 1. The third-order valence-corrected chi connectivity index (χ3v) is 9.96. The maximum Gasteiger partial charge on any atom is 0.261 e. The predicted molar refractivity (Wildman–Crippen MR) is 156 cm³/mol. The molecule has 3 N–H and O–H groups in total. The van der Waals surface area contributed by atoms with Crippen molar-refractivity contribution in [1.29, 1.82) is 0 Å². The number of carbonyl (C=O) groups excluding carboxylic acids is 3. The smallest absolute Gasteiger partial charge is 0.261 e. The molecule has 9 nitrogen and oxygen atoms in total. The van der Waals surface area contributed by atoms with Crippen molar-refractivity contribution in [3.8, 4) is 11.1 Å². The number of H-pyrrole nitrogens is 1. The molecule has 0 bridgehead atoms. The highest BCUT2D eigenvalue weighted by Crippen LogP contribution is 2.37. The molecule has 3 amide bonds. The maximum atomic E-state index is 13.2. The SMILES string of the molecule is NC(=O)Cc1cc(-c2ccccc2)cc2c(C3CCN(S(=O)(=O)CCN4C(=O)c5ccccc5C4=O)CC3)c[nH]c12. The van der Waals surface area contributed by atoms with Gasteiger partial charge >= 0.3 is 0 Å². The Bertz CT molecular complexity index is 1740. The van der Waals surface area contributed by atoms with Crippen LogP contribution in [0.4, 0.5) is 0 Å². The summed E-state index contributed by atoms with van der Waals surface area (Å²) >= 11 is 0.